The zero-order valence-electron chi connectivity index (χ0n) is 13.6. The molecule has 0 saturated heterocycles. The fourth-order valence-electron chi connectivity index (χ4n) is 2.85. The van der Waals surface area contributed by atoms with Crippen molar-refractivity contribution in [3.8, 4) is 5.69 Å². The summed E-state index contributed by atoms with van der Waals surface area (Å²) >= 11 is 0. The Balaban J connectivity index is 1.91. The number of pyridine rings is 1. The van der Waals surface area contributed by atoms with Gasteiger partial charge in [-0.3, -0.25) is 0 Å². The number of hydrogen-bond acceptors (Lipinski definition) is 4. The lowest BCUT2D eigenvalue weighted by Crippen LogP contribution is -2.27. The summed E-state index contributed by atoms with van der Waals surface area (Å²) in [5, 5.41) is 2.60. The summed E-state index contributed by atoms with van der Waals surface area (Å²) in [4.78, 5) is 21.0. The highest BCUT2D eigenvalue weighted by molar-refractivity contribution is 5.87. The van der Waals surface area contributed by atoms with Crippen molar-refractivity contribution in [3.63, 3.8) is 0 Å². The summed E-state index contributed by atoms with van der Waals surface area (Å²) in [6, 6.07) is 12.3. The molecule has 0 aliphatic heterocycles. The molecular weight excluding hydrogens is 345 g/mol. The van der Waals surface area contributed by atoms with Gasteiger partial charge >= 0.3 is 11.9 Å². The van der Waals surface area contributed by atoms with Crippen molar-refractivity contribution in [3.05, 3.63) is 58.6 Å². The summed E-state index contributed by atoms with van der Waals surface area (Å²) in [5.74, 6) is 0.239. The number of para-hydroxylation sites is 1. The van der Waals surface area contributed by atoms with Gasteiger partial charge in [-0.25, -0.2) is 14.3 Å². The number of fused-ring (bicyclic) bond motifs is 1. The van der Waals surface area contributed by atoms with Gasteiger partial charge in [-0.1, -0.05) is 18.2 Å². The van der Waals surface area contributed by atoms with Crippen molar-refractivity contribution < 1.29 is 13.2 Å². The van der Waals surface area contributed by atoms with E-state index in [1.54, 1.807) is 36.4 Å². The Morgan fingerprint density at radius 3 is 2.46 bits per heavy atom. The van der Waals surface area contributed by atoms with Crippen LogP contribution in [0.3, 0.4) is 0 Å². The molecule has 2 heterocycles. The summed E-state index contributed by atoms with van der Waals surface area (Å²) in [5.41, 5.74) is 1.05. The van der Waals surface area contributed by atoms with Crippen molar-refractivity contribution in [1.29, 1.82) is 0 Å². The molecule has 1 saturated carbocycles. The predicted octanol–water partition coefficient (Wildman–Crippen LogP) is 3.63. The maximum atomic E-state index is 12.6. The second-order valence-electron chi connectivity index (χ2n) is 6.26. The standard InChI is InChI=1S/C18H15F3N4O/c19-18(20,21)10-22-15-13-8-9-14(11-6-7-11)23-16(13)25(17(26)24-15)12-4-2-1-3-5-12/h1-5,8-9,11H,6-7,10H2,(H,22,24,26). The number of halogens is 3. The SMILES string of the molecule is O=c1nc(NCC(F)(F)F)c2ccc(C3CC3)nc2n1-c1ccccc1. The Morgan fingerprint density at radius 2 is 1.81 bits per heavy atom. The largest absolute Gasteiger partial charge is 0.405 e. The Kier molecular flexibility index (Phi) is 3.90. The molecule has 4 rings (SSSR count). The summed E-state index contributed by atoms with van der Waals surface area (Å²) in [6.07, 6.45) is -2.36. The maximum absolute atomic E-state index is 12.6. The Labute approximate surface area is 146 Å². The Morgan fingerprint density at radius 1 is 1.08 bits per heavy atom. The van der Waals surface area contributed by atoms with Crippen LogP contribution in [0, 0.1) is 0 Å². The number of rotatable bonds is 4. The van der Waals surface area contributed by atoms with Gasteiger partial charge in [-0.05, 0) is 37.1 Å². The van der Waals surface area contributed by atoms with Gasteiger partial charge < -0.3 is 5.32 Å². The van der Waals surface area contributed by atoms with E-state index in [9.17, 15) is 18.0 Å². The third-order valence-corrected chi connectivity index (χ3v) is 4.23. The molecule has 0 atom stereocenters. The minimum atomic E-state index is -4.41. The van der Waals surface area contributed by atoms with Crippen LogP contribution in [-0.2, 0) is 0 Å². The van der Waals surface area contributed by atoms with E-state index in [1.807, 2.05) is 6.07 Å². The lowest BCUT2D eigenvalue weighted by molar-refractivity contribution is -0.115. The Hall–Kier alpha value is -2.90. The second kappa shape index (κ2) is 6.12. The minimum Gasteiger partial charge on any atom is -0.360 e. The normalized spacial score (nSPS) is 14.6. The van der Waals surface area contributed by atoms with Crippen LogP contribution in [0.2, 0.25) is 0 Å². The molecule has 1 aliphatic carbocycles. The van der Waals surface area contributed by atoms with E-state index in [0.29, 0.717) is 22.6 Å². The molecule has 3 aromatic rings. The molecule has 1 N–H and O–H groups in total. The molecule has 0 radical (unpaired) electrons. The lowest BCUT2D eigenvalue weighted by Gasteiger charge is -2.15. The van der Waals surface area contributed by atoms with E-state index in [2.05, 4.69) is 15.3 Å². The van der Waals surface area contributed by atoms with Crippen LogP contribution in [-0.4, -0.2) is 27.3 Å². The first-order valence-corrected chi connectivity index (χ1v) is 8.22. The first-order valence-electron chi connectivity index (χ1n) is 8.22. The van der Waals surface area contributed by atoms with Crippen molar-refractivity contribution >= 4 is 16.9 Å². The maximum Gasteiger partial charge on any atom is 0.405 e. The lowest BCUT2D eigenvalue weighted by atomic mass is 10.2. The van der Waals surface area contributed by atoms with Gasteiger partial charge in [0.1, 0.15) is 12.4 Å². The third kappa shape index (κ3) is 3.26. The number of hydrogen-bond donors (Lipinski definition) is 1. The summed E-state index contributed by atoms with van der Waals surface area (Å²) in [7, 11) is 0. The molecule has 1 aliphatic rings. The first kappa shape index (κ1) is 16.6. The van der Waals surface area contributed by atoms with E-state index >= 15 is 0 Å². The van der Waals surface area contributed by atoms with E-state index in [1.165, 1.54) is 4.57 Å². The molecule has 26 heavy (non-hydrogen) atoms. The molecule has 8 heteroatoms. The van der Waals surface area contributed by atoms with Crippen LogP contribution in [0.15, 0.2) is 47.3 Å². The molecule has 5 nitrogen and oxygen atoms in total. The van der Waals surface area contributed by atoms with Crippen molar-refractivity contribution in [1.82, 2.24) is 14.5 Å². The van der Waals surface area contributed by atoms with Crippen LogP contribution in [0.1, 0.15) is 24.5 Å². The second-order valence-corrected chi connectivity index (χ2v) is 6.26. The van der Waals surface area contributed by atoms with E-state index in [4.69, 9.17) is 0 Å². The highest BCUT2D eigenvalue weighted by Crippen LogP contribution is 2.39. The molecule has 2 aromatic heterocycles. The first-order chi connectivity index (χ1) is 12.4. The van der Waals surface area contributed by atoms with Crippen LogP contribution in [0.25, 0.3) is 16.7 Å². The molecule has 1 fully saturated rings. The van der Waals surface area contributed by atoms with Crippen molar-refractivity contribution in [2.45, 2.75) is 24.9 Å². The van der Waals surface area contributed by atoms with E-state index in [-0.39, 0.29) is 5.82 Å². The van der Waals surface area contributed by atoms with Crippen LogP contribution < -0.4 is 11.0 Å². The van der Waals surface area contributed by atoms with Crippen molar-refractivity contribution in [2.24, 2.45) is 0 Å². The van der Waals surface area contributed by atoms with Crippen molar-refractivity contribution in [2.75, 3.05) is 11.9 Å². The number of aromatic nitrogens is 3. The van der Waals surface area contributed by atoms with E-state index < -0.39 is 18.4 Å². The molecule has 0 unspecified atom stereocenters. The van der Waals surface area contributed by atoms with Gasteiger partial charge in [0.2, 0.25) is 0 Å². The van der Waals surface area contributed by atoms with Gasteiger partial charge in [0.15, 0.2) is 5.65 Å². The molecular formula is C18H15F3N4O. The zero-order chi connectivity index (χ0) is 18.3. The highest BCUT2D eigenvalue weighted by atomic mass is 19.4. The van der Waals surface area contributed by atoms with Gasteiger partial charge in [-0.15, -0.1) is 0 Å². The summed E-state index contributed by atoms with van der Waals surface area (Å²) in [6.45, 7) is -1.27. The molecule has 1 aromatic carbocycles. The third-order valence-electron chi connectivity index (χ3n) is 4.23. The van der Waals surface area contributed by atoms with Gasteiger partial charge in [0.25, 0.3) is 0 Å². The Bertz CT molecular complexity index is 1010. The molecule has 0 spiro atoms. The van der Waals surface area contributed by atoms with Crippen LogP contribution in [0.5, 0.6) is 0 Å². The smallest absolute Gasteiger partial charge is 0.360 e. The van der Waals surface area contributed by atoms with Crippen LogP contribution in [0.4, 0.5) is 19.0 Å². The number of benzene rings is 1. The predicted molar refractivity (Wildman–Crippen MR) is 91.7 cm³/mol. The average molecular weight is 360 g/mol. The quantitative estimate of drug-likeness (QED) is 0.772. The van der Waals surface area contributed by atoms with Gasteiger partial charge in [-0.2, -0.15) is 18.2 Å². The topological polar surface area (TPSA) is 59.8 Å². The molecule has 134 valence electrons. The number of nitrogens with zero attached hydrogens (tertiary/aromatic N) is 3. The van der Waals surface area contributed by atoms with Gasteiger partial charge in [0, 0.05) is 11.6 Å². The minimum absolute atomic E-state index is 0.107. The zero-order valence-corrected chi connectivity index (χ0v) is 13.6. The van der Waals surface area contributed by atoms with E-state index in [0.717, 1.165) is 18.5 Å². The molecule has 0 amide bonds. The highest BCUT2D eigenvalue weighted by Gasteiger charge is 2.29. The fraction of sp³-hybridized carbons (Fsp3) is 0.278. The monoisotopic (exact) mass is 360 g/mol. The summed E-state index contributed by atoms with van der Waals surface area (Å²) < 4.78 is 39.1. The fourth-order valence-corrected chi connectivity index (χ4v) is 2.85. The number of nitrogens with one attached hydrogen (secondary N) is 1. The average Bonchev–Trinajstić information content (AvgIpc) is 3.44. The van der Waals surface area contributed by atoms with Crippen LogP contribution >= 0.6 is 0 Å². The number of anilines is 1. The van der Waals surface area contributed by atoms with Gasteiger partial charge in [0.05, 0.1) is 11.1 Å². The molecule has 0 bridgehead atoms. The number of alkyl halides is 3.